The Hall–Kier alpha value is -1.29. The van der Waals surface area contributed by atoms with Gasteiger partial charge in [-0.3, -0.25) is 5.10 Å². The molecule has 1 N–H and O–H groups in total. The molecule has 1 aromatic heterocycles. The lowest BCUT2D eigenvalue weighted by molar-refractivity contribution is 0.840. The van der Waals surface area contributed by atoms with Crippen molar-refractivity contribution in [1.82, 2.24) is 15.2 Å². The van der Waals surface area contributed by atoms with Crippen LogP contribution in [0.2, 0.25) is 0 Å². The number of aryl methyl sites for hydroxylation is 1. The highest BCUT2D eigenvalue weighted by Crippen LogP contribution is 2.18. The minimum Gasteiger partial charge on any atom is -0.262 e. The lowest BCUT2D eigenvalue weighted by Gasteiger charge is -1.96. The molecule has 84 valence electrons. The molecule has 0 atom stereocenters. The Balaban J connectivity index is 1.89. The monoisotopic (exact) mass is 233 g/mol. The van der Waals surface area contributed by atoms with E-state index in [1.807, 2.05) is 6.07 Å². The summed E-state index contributed by atoms with van der Waals surface area (Å²) < 4.78 is 0. The van der Waals surface area contributed by atoms with E-state index in [4.69, 9.17) is 0 Å². The molecule has 0 bridgehead atoms. The molecule has 0 aliphatic carbocycles. The fourth-order valence-electron chi connectivity index (χ4n) is 1.41. The van der Waals surface area contributed by atoms with Gasteiger partial charge in [-0.1, -0.05) is 49.0 Å². The van der Waals surface area contributed by atoms with Gasteiger partial charge < -0.3 is 0 Å². The van der Waals surface area contributed by atoms with Crippen molar-refractivity contribution < 1.29 is 0 Å². The largest absolute Gasteiger partial charge is 0.262 e. The molecular formula is C12H15N3S. The van der Waals surface area contributed by atoms with Crippen molar-refractivity contribution in [3.8, 4) is 0 Å². The Bertz CT molecular complexity index is 425. The molecule has 0 aliphatic rings. The van der Waals surface area contributed by atoms with Crippen LogP contribution in [0.4, 0.5) is 0 Å². The first-order valence-electron chi connectivity index (χ1n) is 5.46. The maximum Gasteiger partial charge on any atom is 0.208 e. The van der Waals surface area contributed by atoms with Crippen molar-refractivity contribution in [3.05, 3.63) is 41.7 Å². The number of aromatic amines is 1. The highest BCUT2D eigenvalue weighted by Gasteiger charge is 2.03. The van der Waals surface area contributed by atoms with Crippen LogP contribution >= 0.6 is 11.8 Å². The summed E-state index contributed by atoms with van der Waals surface area (Å²) in [4.78, 5) is 4.41. The molecule has 0 saturated carbocycles. The molecule has 1 aromatic carbocycles. The third kappa shape index (κ3) is 3.10. The first kappa shape index (κ1) is 11.2. The van der Waals surface area contributed by atoms with Gasteiger partial charge in [0, 0.05) is 12.2 Å². The molecule has 0 fully saturated rings. The fourth-order valence-corrected chi connectivity index (χ4v) is 2.19. The van der Waals surface area contributed by atoms with Crippen molar-refractivity contribution >= 4 is 11.8 Å². The van der Waals surface area contributed by atoms with Crippen LogP contribution in [0.1, 0.15) is 24.7 Å². The number of nitrogens with zero attached hydrogens (tertiary/aromatic N) is 2. The van der Waals surface area contributed by atoms with E-state index < -0.39 is 0 Å². The standard InChI is InChI=1S/C12H15N3S/c1-2-6-11-13-12(15-14-11)16-9-10-7-4-3-5-8-10/h3-5,7-8H,2,6,9H2,1H3,(H,13,14,15). The van der Waals surface area contributed by atoms with Crippen LogP contribution in [-0.2, 0) is 12.2 Å². The Morgan fingerprint density at radius 2 is 2.06 bits per heavy atom. The molecule has 3 nitrogen and oxygen atoms in total. The van der Waals surface area contributed by atoms with Crippen LogP contribution < -0.4 is 0 Å². The molecular weight excluding hydrogens is 218 g/mol. The molecule has 2 rings (SSSR count). The second kappa shape index (κ2) is 5.70. The van der Waals surface area contributed by atoms with Crippen molar-refractivity contribution in [1.29, 1.82) is 0 Å². The average Bonchev–Trinajstić information content (AvgIpc) is 2.76. The van der Waals surface area contributed by atoms with Crippen LogP contribution in [0.3, 0.4) is 0 Å². The van der Waals surface area contributed by atoms with E-state index in [9.17, 15) is 0 Å². The SMILES string of the molecule is CCCc1nc(SCc2ccccc2)n[nH]1. The zero-order valence-electron chi connectivity index (χ0n) is 9.31. The Labute approximate surface area is 99.7 Å². The molecule has 1 heterocycles. The molecule has 0 amide bonds. The summed E-state index contributed by atoms with van der Waals surface area (Å²) >= 11 is 1.67. The third-order valence-corrected chi connectivity index (χ3v) is 3.13. The summed E-state index contributed by atoms with van der Waals surface area (Å²) in [5.74, 6) is 1.91. The Morgan fingerprint density at radius 1 is 1.25 bits per heavy atom. The van der Waals surface area contributed by atoms with Gasteiger partial charge in [0.05, 0.1) is 0 Å². The second-order valence-electron chi connectivity index (χ2n) is 3.59. The van der Waals surface area contributed by atoms with Crippen molar-refractivity contribution in [2.45, 2.75) is 30.7 Å². The zero-order valence-corrected chi connectivity index (χ0v) is 10.1. The number of thioether (sulfide) groups is 1. The topological polar surface area (TPSA) is 41.6 Å². The zero-order chi connectivity index (χ0) is 11.2. The van der Waals surface area contributed by atoms with Gasteiger partial charge in [0.25, 0.3) is 0 Å². The van der Waals surface area contributed by atoms with Crippen molar-refractivity contribution in [2.75, 3.05) is 0 Å². The van der Waals surface area contributed by atoms with Gasteiger partial charge >= 0.3 is 0 Å². The van der Waals surface area contributed by atoms with Crippen LogP contribution in [0, 0.1) is 0 Å². The number of nitrogens with one attached hydrogen (secondary N) is 1. The summed E-state index contributed by atoms with van der Waals surface area (Å²) in [5, 5.41) is 7.98. The summed E-state index contributed by atoms with van der Waals surface area (Å²) in [5.41, 5.74) is 1.30. The van der Waals surface area contributed by atoms with E-state index in [1.54, 1.807) is 11.8 Å². The highest BCUT2D eigenvalue weighted by atomic mass is 32.2. The summed E-state index contributed by atoms with van der Waals surface area (Å²) in [6, 6.07) is 10.4. The molecule has 0 radical (unpaired) electrons. The summed E-state index contributed by atoms with van der Waals surface area (Å²) in [7, 11) is 0. The first-order valence-corrected chi connectivity index (χ1v) is 6.45. The van der Waals surface area contributed by atoms with Crippen LogP contribution in [0.5, 0.6) is 0 Å². The van der Waals surface area contributed by atoms with Gasteiger partial charge in [0.1, 0.15) is 5.82 Å². The number of aromatic nitrogens is 3. The van der Waals surface area contributed by atoms with Gasteiger partial charge in [-0.15, -0.1) is 5.10 Å². The van der Waals surface area contributed by atoms with Crippen molar-refractivity contribution in [2.24, 2.45) is 0 Å². The number of hydrogen-bond donors (Lipinski definition) is 1. The quantitative estimate of drug-likeness (QED) is 0.807. The maximum atomic E-state index is 4.41. The second-order valence-corrected chi connectivity index (χ2v) is 4.53. The lowest BCUT2D eigenvalue weighted by atomic mass is 10.2. The van der Waals surface area contributed by atoms with E-state index in [-0.39, 0.29) is 0 Å². The fraction of sp³-hybridized carbons (Fsp3) is 0.333. The van der Waals surface area contributed by atoms with Gasteiger partial charge in [-0.25, -0.2) is 4.98 Å². The average molecular weight is 233 g/mol. The molecule has 0 unspecified atom stereocenters. The summed E-state index contributed by atoms with van der Waals surface area (Å²) in [6.07, 6.45) is 2.07. The van der Waals surface area contributed by atoms with E-state index in [1.165, 1.54) is 5.56 Å². The van der Waals surface area contributed by atoms with E-state index in [0.29, 0.717) is 0 Å². The predicted molar refractivity (Wildman–Crippen MR) is 66.4 cm³/mol. The molecule has 2 aromatic rings. The number of benzene rings is 1. The van der Waals surface area contributed by atoms with E-state index in [0.717, 1.165) is 29.6 Å². The molecule has 0 spiro atoms. The smallest absolute Gasteiger partial charge is 0.208 e. The molecule has 0 aliphatic heterocycles. The minimum atomic E-state index is 0.840. The highest BCUT2D eigenvalue weighted by molar-refractivity contribution is 7.98. The summed E-state index contributed by atoms with van der Waals surface area (Å²) in [6.45, 7) is 2.14. The first-order chi connectivity index (χ1) is 7.88. The normalized spacial score (nSPS) is 10.6. The Morgan fingerprint density at radius 3 is 2.81 bits per heavy atom. The van der Waals surface area contributed by atoms with E-state index >= 15 is 0 Å². The predicted octanol–water partition coefficient (Wildman–Crippen LogP) is 3.05. The lowest BCUT2D eigenvalue weighted by Crippen LogP contribution is -1.85. The van der Waals surface area contributed by atoms with Gasteiger partial charge in [-0.05, 0) is 12.0 Å². The Kier molecular flexibility index (Phi) is 3.99. The van der Waals surface area contributed by atoms with E-state index in [2.05, 4.69) is 46.4 Å². The number of rotatable bonds is 5. The van der Waals surface area contributed by atoms with Crippen molar-refractivity contribution in [3.63, 3.8) is 0 Å². The van der Waals surface area contributed by atoms with Crippen LogP contribution in [0.25, 0.3) is 0 Å². The van der Waals surface area contributed by atoms with Crippen LogP contribution in [0.15, 0.2) is 35.5 Å². The number of H-pyrrole nitrogens is 1. The third-order valence-electron chi connectivity index (χ3n) is 2.21. The molecule has 0 saturated heterocycles. The molecule has 4 heteroatoms. The minimum absolute atomic E-state index is 0.840. The van der Waals surface area contributed by atoms with Gasteiger partial charge in [0.2, 0.25) is 5.16 Å². The van der Waals surface area contributed by atoms with Gasteiger partial charge in [-0.2, -0.15) is 0 Å². The van der Waals surface area contributed by atoms with Gasteiger partial charge in [0.15, 0.2) is 0 Å². The number of hydrogen-bond acceptors (Lipinski definition) is 3. The maximum absolute atomic E-state index is 4.41. The van der Waals surface area contributed by atoms with Crippen LogP contribution in [-0.4, -0.2) is 15.2 Å². The molecule has 16 heavy (non-hydrogen) atoms.